The van der Waals surface area contributed by atoms with Gasteiger partial charge in [-0.1, -0.05) is 12.1 Å². The fourth-order valence-corrected chi connectivity index (χ4v) is 1.79. The van der Waals surface area contributed by atoms with Crippen molar-refractivity contribution >= 4 is 22.5 Å². The largest absolute Gasteiger partial charge is 0.378 e. The second-order valence-corrected chi connectivity index (χ2v) is 3.97. The Kier molecular flexibility index (Phi) is 4.01. The molecule has 0 aromatic heterocycles. The molecule has 0 aliphatic carbocycles. The van der Waals surface area contributed by atoms with E-state index in [1.54, 1.807) is 11.8 Å². The molecular weight excluding hydrogens is 192 g/mol. The number of aliphatic imine (C=N–C) groups is 1. The van der Waals surface area contributed by atoms with Gasteiger partial charge in [-0.15, -0.1) is 11.8 Å². The quantitative estimate of drug-likeness (QED) is 0.548. The Hall–Kier alpha value is -0.960. The van der Waals surface area contributed by atoms with Crippen LogP contribution in [0.4, 0.5) is 5.69 Å². The molecule has 0 spiro atoms. The van der Waals surface area contributed by atoms with E-state index in [0.717, 1.165) is 5.04 Å². The van der Waals surface area contributed by atoms with E-state index < -0.39 is 0 Å². The van der Waals surface area contributed by atoms with E-state index in [0.29, 0.717) is 0 Å². The summed E-state index contributed by atoms with van der Waals surface area (Å²) >= 11 is 1.67. The molecule has 0 radical (unpaired) electrons. The van der Waals surface area contributed by atoms with Crippen molar-refractivity contribution in [2.75, 3.05) is 32.3 Å². The van der Waals surface area contributed by atoms with Crippen molar-refractivity contribution in [2.24, 2.45) is 4.99 Å². The van der Waals surface area contributed by atoms with Crippen molar-refractivity contribution in [1.82, 2.24) is 0 Å². The van der Waals surface area contributed by atoms with Gasteiger partial charge in [0.2, 0.25) is 0 Å². The topological polar surface area (TPSA) is 15.6 Å². The summed E-state index contributed by atoms with van der Waals surface area (Å²) < 4.78 is 0. The second kappa shape index (κ2) is 5.05. The molecule has 0 N–H and O–H groups in total. The zero-order valence-electron chi connectivity index (χ0n) is 9.11. The predicted molar refractivity (Wildman–Crippen MR) is 66.7 cm³/mol. The number of nitrogens with zero attached hydrogens (tertiary/aromatic N) is 2. The van der Waals surface area contributed by atoms with E-state index in [9.17, 15) is 0 Å². The number of hydrogen-bond acceptors (Lipinski definition) is 3. The highest BCUT2D eigenvalue weighted by molar-refractivity contribution is 8.13. The first-order chi connectivity index (χ1) is 6.69. The summed E-state index contributed by atoms with van der Waals surface area (Å²) in [6.07, 6.45) is 2.04. The average molecular weight is 208 g/mol. The lowest BCUT2D eigenvalue weighted by Crippen LogP contribution is -2.08. The van der Waals surface area contributed by atoms with Crippen molar-refractivity contribution in [3.05, 3.63) is 29.8 Å². The maximum atomic E-state index is 4.22. The summed E-state index contributed by atoms with van der Waals surface area (Å²) in [5.41, 5.74) is 2.40. The van der Waals surface area contributed by atoms with Crippen molar-refractivity contribution in [1.29, 1.82) is 0 Å². The fourth-order valence-electron chi connectivity index (χ4n) is 1.24. The van der Waals surface area contributed by atoms with Crippen molar-refractivity contribution in [3.63, 3.8) is 0 Å². The molecule has 0 fully saturated rings. The van der Waals surface area contributed by atoms with Gasteiger partial charge in [0.1, 0.15) is 0 Å². The molecule has 14 heavy (non-hydrogen) atoms. The third-order valence-corrected chi connectivity index (χ3v) is 2.83. The molecule has 0 amide bonds. The average Bonchev–Trinajstić information content (AvgIpc) is 2.20. The minimum atomic E-state index is 1.08. The minimum absolute atomic E-state index is 1.08. The van der Waals surface area contributed by atoms with Crippen LogP contribution >= 0.6 is 11.8 Å². The summed E-state index contributed by atoms with van der Waals surface area (Å²) in [6, 6.07) is 8.43. The molecule has 0 bridgehead atoms. The Labute approximate surface area is 90.0 Å². The lowest BCUT2D eigenvalue weighted by atomic mass is 10.2. The van der Waals surface area contributed by atoms with E-state index in [1.165, 1.54) is 11.3 Å². The third-order valence-electron chi connectivity index (χ3n) is 2.03. The number of thioether (sulfide) groups is 1. The smallest absolute Gasteiger partial charge is 0.0970 e. The summed E-state index contributed by atoms with van der Waals surface area (Å²) in [4.78, 5) is 6.31. The Morgan fingerprint density at radius 1 is 1.21 bits per heavy atom. The lowest BCUT2D eigenvalue weighted by Gasteiger charge is -2.12. The molecule has 1 aromatic rings. The van der Waals surface area contributed by atoms with Gasteiger partial charge < -0.3 is 4.90 Å². The first-order valence-corrected chi connectivity index (χ1v) is 5.70. The van der Waals surface area contributed by atoms with Gasteiger partial charge in [0, 0.05) is 32.4 Å². The number of rotatable bonds is 2. The van der Waals surface area contributed by atoms with E-state index >= 15 is 0 Å². The molecular formula is C11H16N2S. The van der Waals surface area contributed by atoms with Crippen LogP contribution < -0.4 is 4.90 Å². The van der Waals surface area contributed by atoms with Crippen LogP contribution in [0.2, 0.25) is 0 Å². The molecule has 1 rings (SSSR count). The Balaban J connectivity index is 2.93. The highest BCUT2D eigenvalue weighted by atomic mass is 32.2. The summed E-state index contributed by atoms with van der Waals surface area (Å²) in [5, 5.41) is 1.08. The van der Waals surface area contributed by atoms with Crippen molar-refractivity contribution < 1.29 is 0 Å². The van der Waals surface area contributed by atoms with Crippen LogP contribution in [-0.2, 0) is 0 Å². The van der Waals surface area contributed by atoms with Crippen LogP contribution in [0.25, 0.3) is 0 Å². The third kappa shape index (κ3) is 2.51. The van der Waals surface area contributed by atoms with E-state index in [2.05, 4.69) is 34.2 Å². The first-order valence-electron chi connectivity index (χ1n) is 4.47. The molecule has 0 saturated heterocycles. The zero-order valence-corrected chi connectivity index (χ0v) is 9.93. The molecule has 1 aromatic carbocycles. The van der Waals surface area contributed by atoms with Gasteiger partial charge in [0.05, 0.1) is 5.04 Å². The normalized spacial score (nSPS) is 11.6. The van der Waals surface area contributed by atoms with Gasteiger partial charge in [-0.2, -0.15) is 0 Å². The van der Waals surface area contributed by atoms with Crippen LogP contribution in [0.15, 0.2) is 29.3 Å². The van der Waals surface area contributed by atoms with Crippen molar-refractivity contribution in [3.8, 4) is 0 Å². The molecule has 0 aliphatic heterocycles. The van der Waals surface area contributed by atoms with Gasteiger partial charge in [0.25, 0.3) is 0 Å². The fraction of sp³-hybridized carbons (Fsp3) is 0.364. The zero-order chi connectivity index (χ0) is 10.6. The second-order valence-electron chi connectivity index (χ2n) is 3.17. The standard InChI is InChI=1S/C11H16N2S/c1-12-11(14-4)9-5-7-10(8-6-9)13(2)3/h5-8H,1-4H3. The van der Waals surface area contributed by atoms with Crippen LogP contribution in [-0.4, -0.2) is 32.4 Å². The Morgan fingerprint density at radius 2 is 1.79 bits per heavy atom. The molecule has 0 atom stereocenters. The van der Waals surface area contributed by atoms with Crippen LogP contribution in [0.5, 0.6) is 0 Å². The van der Waals surface area contributed by atoms with E-state index in [4.69, 9.17) is 0 Å². The Bertz CT molecular complexity index is 315. The van der Waals surface area contributed by atoms with Crippen LogP contribution in [0.1, 0.15) is 5.56 Å². The van der Waals surface area contributed by atoms with Gasteiger partial charge in [0.15, 0.2) is 0 Å². The van der Waals surface area contributed by atoms with Gasteiger partial charge in [-0.25, -0.2) is 0 Å². The maximum Gasteiger partial charge on any atom is 0.0970 e. The van der Waals surface area contributed by atoms with E-state index in [-0.39, 0.29) is 0 Å². The van der Waals surface area contributed by atoms with Gasteiger partial charge in [-0.05, 0) is 18.4 Å². The number of benzene rings is 1. The highest BCUT2D eigenvalue weighted by Crippen LogP contribution is 2.16. The van der Waals surface area contributed by atoms with Crippen LogP contribution in [0.3, 0.4) is 0 Å². The first kappa shape index (κ1) is 11.1. The van der Waals surface area contributed by atoms with Gasteiger partial charge >= 0.3 is 0 Å². The summed E-state index contributed by atoms with van der Waals surface area (Å²) in [5.74, 6) is 0. The van der Waals surface area contributed by atoms with Crippen LogP contribution in [0, 0.1) is 0 Å². The molecule has 2 nitrogen and oxygen atoms in total. The Morgan fingerprint density at radius 3 is 2.14 bits per heavy atom. The molecule has 76 valence electrons. The SMILES string of the molecule is CN=C(SC)c1ccc(N(C)C)cc1. The number of anilines is 1. The van der Waals surface area contributed by atoms with Gasteiger partial charge in [-0.3, -0.25) is 4.99 Å². The molecule has 0 unspecified atom stereocenters. The minimum Gasteiger partial charge on any atom is -0.378 e. The van der Waals surface area contributed by atoms with E-state index in [1.807, 2.05) is 27.4 Å². The summed E-state index contributed by atoms with van der Waals surface area (Å²) in [6.45, 7) is 0. The molecule has 0 aliphatic rings. The predicted octanol–water partition coefficient (Wildman–Crippen LogP) is 2.49. The molecule has 3 heteroatoms. The monoisotopic (exact) mass is 208 g/mol. The summed E-state index contributed by atoms with van der Waals surface area (Å²) in [7, 11) is 5.91. The van der Waals surface area contributed by atoms with Crippen molar-refractivity contribution in [2.45, 2.75) is 0 Å². The lowest BCUT2D eigenvalue weighted by molar-refractivity contribution is 1.13. The number of hydrogen-bond donors (Lipinski definition) is 0. The highest BCUT2D eigenvalue weighted by Gasteiger charge is 2.01. The molecule has 0 saturated carbocycles. The molecule has 0 heterocycles. The maximum absolute atomic E-state index is 4.22.